The number of carbonyl (C=O) groups excluding carboxylic acids is 1. The van der Waals surface area contributed by atoms with E-state index in [9.17, 15) is 4.79 Å². The van der Waals surface area contributed by atoms with Gasteiger partial charge in [-0.15, -0.1) is 0 Å². The van der Waals surface area contributed by atoms with E-state index in [0.29, 0.717) is 5.92 Å². The summed E-state index contributed by atoms with van der Waals surface area (Å²) in [5.41, 5.74) is 0. The minimum atomic E-state index is 0.146. The summed E-state index contributed by atoms with van der Waals surface area (Å²) in [6, 6.07) is 6.10. The Hall–Kier alpha value is -2.14. The predicted octanol–water partition coefficient (Wildman–Crippen LogP) is 2.57. The summed E-state index contributed by atoms with van der Waals surface area (Å²) in [6.45, 7) is 9.03. The molecule has 0 N–H and O–H groups in total. The number of pyridine rings is 1. The van der Waals surface area contributed by atoms with Gasteiger partial charge in [-0.3, -0.25) is 9.69 Å². The van der Waals surface area contributed by atoms with Gasteiger partial charge in [0, 0.05) is 58.1 Å². The van der Waals surface area contributed by atoms with Crippen LogP contribution in [0.4, 0.5) is 5.82 Å². The Labute approximate surface area is 157 Å². The lowest BCUT2D eigenvalue weighted by molar-refractivity contribution is -0.127. The van der Waals surface area contributed by atoms with Gasteiger partial charge in [0.2, 0.25) is 5.91 Å². The molecule has 1 unspecified atom stereocenters. The lowest BCUT2D eigenvalue weighted by Crippen LogP contribution is -2.50. The number of allylic oxidation sites excluding steroid dienone is 3. The fraction of sp³-hybridized carbons (Fsp3) is 0.524. The fourth-order valence-electron chi connectivity index (χ4n) is 3.83. The van der Waals surface area contributed by atoms with Crippen LogP contribution in [-0.2, 0) is 4.79 Å². The normalized spacial score (nSPS) is 22.4. The smallest absolute Gasteiger partial charge is 0.246 e. The Morgan fingerprint density at radius 2 is 2.04 bits per heavy atom. The molecule has 1 aromatic heterocycles. The first kappa shape index (κ1) is 18.6. The van der Waals surface area contributed by atoms with Crippen molar-refractivity contribution in [2.24, 2.45) is 5.92 Å². The summed E-state index contributed by atoms with van der Waals surface area (Å²) >= 11 is 0. The molecule has 3 heterocycles. The van der Waals surface area contributed by atoms with E-state index in [2.05, 4.69) is 20.9 Å². The molecule has 1 aromatic rings. The summed E-state index contributed by atoms with van der Waals surface area (Å²) in [6.07, 6.45) is 11.6. The van der Waals surface area contributed by atoms with Crippen molar-refractivity contribution < 1.29 is 4.79 Å². The first-order valence-corrected chi connectivity index (χ1v) is 9.73. The molecule has 5 nitrogen and oxygen atoms in total. The van der Waals surface area contributed by atoms with Crippen molar-refractivity contribution in [3.05, 3.63) is 48.7 Å². The lowest BCUT2D eigenvalue weighted by atomic mass is 9.97. The van der Waals surface area contributed by atoms with Crippen LogP contribution >= 0.6 is 0 Å². The van der Waals surface area contributed by atoms with E-state index in [1.807, 2.05) is 48.4 Å². The topological polar surface area (TPSA) is 39.7 Å². The van der Waals surface area contributed by atoms with Crippen molar-refractivity contribution in [1.82, 2.24) is 14.8 Å². The molecular weight excluding hydrogens is 324 g/mol. The number of hydrogen-bond donors (Lipinski definition) is 0. The van der Waals surface area contributed by atoms with Crippen LogP contribution in [0.1, 0.15) is 19.8 Å². The molecule has 0 saturated carbocycles. The Kier molecular flexibility index (Phi) is 6.83. The molecule has 3 rings (SSSR count). The highest BCUT2D eigenvalue weighted by molar-refractivity contribution is 5.87. The quantitative estimate of drug-likeness (QED) is 0.602. The highest BCUT2D eigenvalue weighted by atomic mass is 16.2. The van der Waals surface area contributed by atoms with E-state index >= 15 is 0 Å². The maximum atomic E-state index is 12.3. The van der Waals surface area contributed by atoms with Crippen molar-refractivity contribution >= 4 is 11.7 Å². The van der Waals surface area contributed by atoms with Crippen molar-refractivity contribution in [2.45, 2.75) is 19.8 Å². The predicted molar refractivity (Wildman–Crippen MR) is 106 cm³/mol. The molecule has 140 valence electrons. The highest BCUT2D eigenvalue weighted by Gasteiger charge is 2.26. The minimum Gasteiger partial charge on any atom is -0.354 e. The Morgan fingerprint density at radius 1 is 1.19 bits per heavy atom. The van der Waals surface area contributed by atoms with Crippen molar-refractivity contribution in [1.29, 1.82) is 0 Å². The number of likely N-dealkylation sites (tertiary alicyclic amines) is 1. The maximum Gasteiger partial charge on any atom is 0.246 e. The number of hydrogen-bond acceptors (Lipinski definition) is 4. The van der Waals surface area contributed by atoms with E-state index in [0.717, 1.165) is 58.1 Å². The van der Waals surface area contributed by atoms with Gasteiger partial charge in [-0.25, -0.2) is 4.98 Å². The molecule has 0 radical (unpaired) electrons. The van der Waals surface area contributed by atoms with E-state index in [-0.39, 0.29) is 5.91 Å². The second-order valence-corrected chi connectivity index (χ2v) is 7.15. The van der Waals surface area contributed by atoms with Crippen LogP contribution in [0.3, 0.4) is 0 Å². The zero-order chi connectivity index (χ0) is 18.2. The van der Waals surface area contributed by atoms with Crippen LogP contribution in [0.2, 0.25) is 0 Å². The zero-order valence-electron chi connectivity index (χ0n) is 15.8. The van der Waals surface area contributed by atoms with Crippen molar-refractivity contribution in [3.63, 3.8) is 0 Å². The average molecular weight is 354 g/mol. The van der Waals surface area contributed by atoms with Gasteiger partial charge in [-0.1, -0.05) is 24.3 Å². The molecule has 26 heavy (non-hydrogen) atoms. The molecule has 2 fully saturated rings. The molecule has 1 atom stereocenters. The van der Waals surface area contributed by atoms with Gasteiger partial charge in [-0.05, 0) is 37.8 Å². The molecule has 1 amide bonds. The molecule has 2 aliphatic heterocycles. The summed E-state index contributed by atoms with van der Waals surface area (Å²) in [7, 11) is 0. The largest absolute Gasteiger partial charge is 0.354 e. The van der Waals surface area contributed by atoms with Crippen LogP contribution in [0.5, 0.6) is 0 Å². The number of piperazine rings is 1. The van der Waals surface area contributed by atoms with Crippen LogP contribution in [-0.4, -0.2) is 66.5 Å². The van der Waals surface area contributed by atoms with E-state index in [1.165, 1.54) is 6.42 Å². The number of amides is 1. The molecule has 0 spiro atoms. The molecule has 0 bridgehead atoms. The Balaban J connectivity index is 1.45. The van der Waals surface area contributed by atoms with E-state index < -0.39 is 0 Å². The molecule has 2 saturated heterocycles. The van der Waals surface area contributed by atoms with Gasteiger partial charge in [-0.2, -0.15) is 0 Å². The van der Waals surface area contributed by atoms with Gasteiger partial charge >= 0.3 is 0 Å². The maximum absolute atomic E-state index is 12.3. The Morgan fingerprint density at radius 3 is 2.77 bits per heavy atom. The number of anilines is 1. The Bertz CT molecular complexity index is 620. The third-order valence-corrected chi connectivity index (χ3v) is 5.23. The fourth-order valence-corrected chi connectivity index (χ4v) is 3.83. The van der Waals surface area contributed by atoms with E-state index in [1.54, 1.807) is 6.08 Å². The number of piperidine rings is 1. The van der Waals surface area contributed by atoms with Crippen LogP contribution < -0.4 is 4.90 Å². The minimum absolute atomic E-state index is 0.146. The van der Waals surface area contributed by atoms with Gasteiger partial charge in [0.1, 0.15) is 5.82 Å². The van der Waals surface area contributed by atoms with E-state index in [4.69, 9.17) is 0 Å². The van der Waals surface area contributed by atoms with Crippen LogP contribution in [0, 0.1) is 5.92 Å². The molecule has 2 aliphatic rings. The third-order valence-electron chi connectivity index (χ3n) is 5.23. The first-order chi connectivity index (χ1) is 12.8. The third kappa shape index (κ3) is 5.18. The molecule has 0 aliphatic carbocycles. The first-order valence-electron chi connectivity index (χ1n) is 9.73. The van der Waals surface area contributed by atoms with Crippen LogP contribution in [0.15, 0.2) is 48.7 Å². The zero-order valence-corrected chi connectivity index (χ0v) is 15.8. The molecule has 5 heteroatoms. The molecular formula is C21H30N4O. The SMILES string of the molecule is C/C=C/C=C/C(=O)N1CCCC(CN2CCN(c3ccccn3)CC2)C1. The monoisotopic (exact) mass is 354 g/mol. The van der Waals surface area contributed by atoms with Crippen molar-refractivity contribution in [2.75, 3.05) is 50.7 Å². The summed E-state index contributed by atoms with van der Waals surface area (Å²) in [5, 5.41) is 0. The van der Waals surface area contributed by atoms with Gasteiger partial charge in [0.15, 0.2) is 0 Å². The van der Waals surface area contributed by atoms with Crippen LogP contribution in [0.25, 0.3) is 0 Å². The lowest BCUT2D eigenvalue weighted by Gasteiger charge is -2.39. The number of carbonyl (C=O) groups is 1. The summed E-state index contributed by atoms with van der Waals surface area (Å²) < 4.78 is 0. The summed E-state index contributed by atoms with van der Waals surface area (Å²) in [5.74, 6) is 1.81. The van der Waals surface area contributed by atoms with Crippen molar-refractivity contribution in [3.8, 4) is 0 Å². The second kappa shape index (κ2) is 9.53. The summed E-state index contributed by atoms with van der Waals surface area (Å²) in [4.78, 5) is 23.7. The highest BCUT2D eigenvalue weighted by Crippen LogP contribution is 2.20. The number of nitrogens with zero attached hydrogens (tertiary/aromatic N) is 4. The van der Waals surface area contributed by atoms with Gasteiger partial charge in [0.25, 0.3) is 0 Å². The van der Waals surface area contributed by atoms with Gasteiger partial charge < -0.3 is 9.80 Å². The second-order valence-electron chi connectivity index (χ2n) is 7.15. The molecule has 0 aromatic carbocycles. The number of aromatic nitrogens is 1. The average Bonchev–Trinajstić information content (AvgIpc) is 2.69. The van der Waals surface area contributed by atoms with Gasteiger partial charge in [0.05, 0.1) is 0 Å². The standard InChI is InChI=1S/C21H30N4O/c1-2-3-4-10-21(26)25-12-7-8-19(18-25)17-23-13-15-24(16-14-23)20-9-5-6-11-22-20/h2-6,9-11,19H,7-8,12-18H2,1H3/b3-2+,10-4+. The number of rotatable bonds is 5.